The molecule has 0 saturated carbocycles. The molecule has 9 rings (SSSR count). The topological polar surface area (TPSA) is 115 Å². The Bertz CT molecular complexity index is 2630. The molecule has 0 radical (unpaired) electrons. The molecular weight excluding hydrogens is 673 g/mol. The standard InChI is InChI=1S/C46H40BNO6/c1-45(2)19-20-46(3,4)33-22-26(17-18-32(33)45)27-21-31-29-14-9-8-13-28(54-35(29)23-27)24-47-37-36-30(31)15-10-16-34(36)48(38(37)25-11-6-5-7-12-25)39-40(49)42(51)44(53)43(52)41(39)50/h5-18,21-24,47,49-53H,19-20H2,1-4H3/b13-8-,14-9-,28-24-. The molecule has 0 atom stereocenters. The summed E-state index contributed by atoms with van der Waals surface area (Å²) in [6.07, 6.45) is 10.2. The highest BCUT2D eigenvalue weighted by Gasteiger charge is 2.37. The highest BCUT2D eigenvalue weighted by molar-refractivity contribution is 6.64. The van der Waals surface area contributed by atoms with Gasteiger partial charge in [-0.2, -0.15) is 0 Å². The highest BCUT2D eigenvalue weighted by Crippen LogP contribution is 2.55. The summed E-state index contributed by atoms with van der Waals surface area (Å²) >= 11 is 0. The second-order valence-electron chi connectivity index (χ2n) is 15.9. The zero-order valence-electron chi connectivity index (χ0n) is 30.6. The Hall–Kier alpha value is -6.28. The van der Waals surface area contributed by atoms with Gasteiger partial charge in [-0.3, -0.25) is 0 Å². The largest absolute Gasteiger partial charge is 0.503 e. The lowest BCUT2D eigenvalue weighted by atomic mass is 9.63. The maximum atomic E-state index is 11.4. The van der Waals surface area contributed by atoms with Gasteiger partial charge in [-0.05, 0) is 92.4 Å². The van der Waals surface area contributed by atoms with Crippen molar-refractivity contribution >= 4 is 29.7 Å². The van der Waals surface area contributed by atoms with Crippen molar-refractivity contribution in [3.05, 3.63) is 126 Å². The summed E-state index contributed by atoms with van der Waals surface area (Å²) in [7, 11) is 0.397. The molecule has 7 nitrogen and oxygen atoms in total. The minimum Gasteiger partial charge on any atom is -0.503 e. The molecule has 4 bridgehead atoms. The number of ether oxygens (including phenoxy) is 1. The van der Waals surface area contributed by atoms with E-state index in [1.165, 1.54) is 11.1 Å². The number of fused-ring (bicyclic) bond motifs is 3. The van der Waals surface area contributed by atoms with Crippen LogP contribution in [-0.4, -0.2) is 37.4 Å². The summed E-state index contributed by atoms with van der Waals surface area (Å²) < 4.78 is 8.43. The average Bonchev–Trinajstić information content (AvgIpc) is 3.48. The van der Waals surface area contributed by atoms with Crippen LogP contribution < -0.4 is 10.2 Å². The van der Waals surface area contributed by atoms with E-state index in [0.717, 1.165) is 62.8 Å². The monoisotopic (exact) mass is 713 g/mol. The van der Waals surface area contributed by atoms with Crippen LogP contribution in [0.15, 0.2) is 109 Å². The van der Waals surface area contributed by atoms with E-state index in [-0.39, 0.29) is 16.5 Å². The van der Waals surface area contributed by atoms with Crippen LogP contribution in [0.5, 0.6) is 34.5 Å². The Morgan fingerprint density at radius 3 is 2.06 bits per heavy atom. The molecule has 5 aromatic carbocycles. The maximum absolute atomic E-state index is 11.4. The molecule has 0 amide bonds. The predicted molar refractivity (Wildman–Crippen MR) is 217 cm³/mol. The number of rotatable bonds is 3. The van der Waals surface area contributed by atoms with Crippen molar-refractivity contribution in [2.24, 2.45) is 0 Å². The van der Waals surface area contributed by atoms with Gasteiger partial charge in [0.05, 0.1) is 5.52 Å². The van der Waals surface area contributed by atoms with Gasteiger partial charge >= 0.3 is 0 Å². The fourth-order valence-corrected chi connectivity index (χ4v) is 8.67. The Morgan fingerprint density at radius 2 is 1.31 bits per heavy atom. The Kier molecular flexibility index (Phi) is 7.37. The van der Waals surface area contributed by atoms with Crippen molar-refractivity contribution in [1.29, 1.82) is 0 Å². The van der Waals surface area contributed by atoms with Gasteiger partial charge in [0.15, 0.2) is 18.8 Å². The molecule has 3 aliphatic rings. The first-order chi connectivity index (χ1) is 25.9. The van der Waals surface area contributed by atoms with E-state index in [9.17, 15) is 25.5 Å². The summed E-state index contributed by atoms with van der Waals surface area (Å²) in [5.41, 5.74) is 10.3. The predicted octanol–water partition coefficient (Wildman–Crippen LogP) is 9.39. The second kappa shape index (κ2) is 11.9. The summed E-state index contributed by atoms with van der Waals surface area (Å²) in [5, 5.41) is 55.5. The number of aromatic hydroxyl groups is 5. The van der Waals surface area contributed by atoms with Crippen LogP contribution in [-0.2, 0) is 10.8 Å². The number of hydrogen-bond donors (Lipinski definition) is 5. The minimum absolute atomic E-state index is 0.0273. The van der Waals surface area contributed by atoms with Crippen molar-refractivity contribution < 1.29 is 30.3 Å². The molecule has 1 aromatic heterocycles. The molecule has 5 N–H and O–H groups in total. The van der Waals surface area contributed by atoms with Crippen LogP contribution in [0, 0.1) is 0 Å². The molecule has 8 heteroatoms. The third kappa shape index (κ3) is 4.97. The number of allylic oxidation sites excluding steroid dienone is 3. The number of benzene rings is 5. The van der Waals surface area contributed by atoms with Gasteiger partial charge in [-0.25, -0.2) is 0 Å². The first kappa shape index (κ1) is 33.6. The van der Waals surface area contributed by atoms with E-state index >= 15 is 0 Å². The molecule has 2 aliphatic heterocycles. The van der Waals surface area contributed by atoms with Crippen molar-refractivity contribution in [1.82, 2.24) is 4.57 Å². The van der Waals surface area contributed by atoms with E-state index in [2.05, 4.69) is 70.2 Å². The summed E-state index contributed by atoms with van der Waals surface area (Å²) in [4.78, 5) is 0. The van der Waals surface area contributed by atoms with Crippen molar-refractivity contribution in [2.75, 3.05) is 0 Å². The average molecular weight is 714 g/mol. The van der Waals surface area contributed by atoms with E-state index in [1.807, 2.05) is 66.7 Å². The second-order valence-corrected chi connectivity index (χ2v) is 15.9. The number of phenolic OH excluding ortho intramolecular Hbond substituents is 5. The molecular formula is C46H40BNO6. The third-order valence-corrected chi connectivity index (χ3v) is 11.7. The van der Waals surface area contributed by atoms with Gasteiger partial charge in [0.1, 0.15) is 17.2 Å². The molecule has 1 aliphatic carbocycles. The molecule has 6 aromatic rings. The van der Waals surface area contributed by atoms with Crippen LogP contribution >= 0.6 is 0 Å². The fourth-order valence-electron chi connectivity index (χ4n) is 8.67. The van der Waals surface area contributed by atoms with Crippen molar-refractivity contribution in [3.63, 3.8) is 0 Å². The zero-order valence-corrected chi connectivity index (χ0v) is 30.6. The number of hydrogen-bond acceptors (Lipinski definition) is 6. The molecule has 0 fully saturated rings. The molecule has 54 heavy (non-hydrogen) atoms. The fraction of sp³-hybridized carbons (Fsp3) is 0.174. The first-order valence-electron chi connectivity index (χ1n) is 18.3. The summed E-state index contributed by atoms with van der Waals surface area (Å²) in [6, 6.07) is 26.7. The Morgan fingerprint density at radius 1 is 0.630 bits per heavy atom. The van der Waals surface area contributed by atoms with Gasteiger partial charge in [0, 0.05) is 16.6 Å². The van der Waals surface area contributed by atoms with Gasteiger partial charge in [-0.15, -0.1) is 0 Å². The van der Waals surface area contributed by atoms with E-state index in [1.54, 1.807) is 4.57 Å². The molecule has 0 saturated heterocycles. The van der Waals surface area contributed by atoms with Crippen LogP contribution in [0.3, 0.4) is 0 Å². The lowest BCUT2D eigenvalue weighted by Gasteiger charge is -2.42. The number of nitrogens with zero attached hydrogens (tertiary/aromatic N) is 1. The van der Waals surface area contributed by atoms with Crippen molar-refractivity contribution in [2.45, 2.75) is 51.4 Å². The van der Waals surface area contributed by atoms with E-state index in [4.69, 9.17) is 4.74 Å². The number of phenols is 5. The lowest BCUT2D eigenvalue weighted by molar-refractivity contribution is 0.327. The summed E-state index contributed by atoms with van der Waals surface area (Å²) in [5.74, 6) is -1.04. The molecule has 0 unspecified atom stereocenters. The van der Waals surface area contributed by atoms with Crippen LogP contribution in [0.1, 0.15) is 57.2 Å². The minimum atomic E-state index is -1.01. The third-order valence-electron chi connectivity index (χ3n) is 11.7. The first-order valence-corrected chi connectivity index (χ1v) is 18.3. The number of aromatic nitrogens is 1. The lowest BCUT2D eigenvalue weighted by Crippen LogP contribution is -2.33. The molecule has 0 spiro atoms. The molecule has 3 heterocycles. The Labute approximate surface area is 314 Å². The van der Waals surface area contributed by atoms with Crippen LogP contribution in [0.4, 0.5) is 0 Å². The van der Waals surface area contributed by atoms with Crippen LogP contribution in [0.25, 0.3) is 56.2 Å². The van der Waals surface area contributed by atoms with Gasteiger partial charge < -0.3 is 34.8 Å². The maximum Gasteiger partial charge on any atom is 0.208 e. The quantitative estimate of drug-likeness (QED) is 0.0710. The Balaban J connectivity index is 1.40. The van der Waals surface area contributed by atoms with Crippen molar-refractivity contribution in [3.8, 4) is 73.7 Å². The highest BCUT2D eigenvalue weighted by atomic mass is 16.5. The SMILES string of the molecule is CC1(C)CCC(C)(C)c2cc(-c3cc4c5c(c3)-c3cccc6c3c(c(-c3ccccc3)n6-c3c(O)c(O)c(O)c(O)c3O)B/C=C(/C=C\C=C/5)O4)ccc21. The smallest absolute Gasteiger partial charge is 0.208 e. The van der Waals surface area contributed by atoms with Crippen LogP contribution in [0.2, 0.25) is 0 Å². The van der Waals surface area contributed by atoms with Gasteiger partial charge in [0.2, 0.25) is 17.2 Å². The van der Waals surface area contributed by atoms with Gasteiger partial charge in [0.25, 0.3) is 0 Å². The summed E-state index contributed by atoms with van der Waals surface area (Å²) in [6.45, 7) is 9.33. The van der Waals surface area contributed by atoms with E-state index < -0.39 is 28.7 Å². The molecule has 268 valence electrons. The van der Waals surface area contributed by atoms with E-state index in [0.29, 0.717) is 24.2 Å². The van der Waals surface area contributed by atoms with Gasteiger partial charge in [-0.1, -0.05) is 113 Å². The zero-order chi connectivity index (χ0) is 37.7. The normalized spacial score (nSPS) is 18.3.